The van der Waals surface area contributed by atoms with Gasteiger partial charge in [-0.1, -0.05) is 48.0 Å². The Morgan fingerprint density at radius 2 is 1.37 bits per heavy atom. The van der Waals surface area contributed by atoms with Gasteiger partial charge in [-0.25, -0.2) is 18.0 Å². The van der Waals surface area contributed by atoms with Crippen molar-refractivity contribution in [1.82, 2.24) is 14.1 Å². The minimum Gasteiger partial charge on any atom is -0.473 e. The predicted molar refractivity (Wildman–Crippen MR) is 132 cm³/mol. The van der Waals surface area contributed by atoms with E-state index in [4.69, 9.17) is 19.8 Å². The van der Waals surface area contributed by atoms with Crippen molar-refractivity contribution >= 4 is 22.0 Å². The van der Waals surface area contributed by atoms with Crippen LogP contribution in [0, 0.1) is 6.92 Å². The van der Waals surface area contributed by atoms with E-state index < -0.39 is 22.0 Å². The molecule has 2 aromatic carbocycles. The Balaban J connectivity index is 0.000000509. The maximum Gasteiger partial charge on any atom is 0.414 e. The van der Waals surface area contributed by atoms with Gasteiger partial charge in [0.25, 0.3) is 0 Å². The molecule has 4 rings (SSSR count). The molecule has 9 nitrogen and oxygen atoms in total. The topological polar surface area (TPSA) is 118 Å². The van der Waals surface area contributed by atoms with E-state index in [0.717, 1.165) is 51.1 Å². The molecule has 2 aliphatic heterocycles. The zero-order valence-electron chi connectivity index (χ0n) is 19.9. The third-order valence-corrected chi connectivity index (χ3v) is 8.35. The van der Waals surface area contributed by atoms with E-state index in [1.807, 2.05) is 19.1 Å². The van der Waals surface area contributed by atoms with Crippen molar-refractivity contribution in [2.24, 2.45) is 0 Å². The maximum absolute atomic E-state index is 12.9. The number of aryl methyl sites for hydroxylation is 1. The highest BCUT2D eigenvalue weighted by atomic mass is 32.2. The molecule has 0 atom stereocenters. The Labute approximate surface area is 206 Å². The molecule has 2 heterocycles. The minimum absolute atomic E-state index is 0.408. The lowest BCUT2D eigenvalue weighted by atomic mass is 10.0. The summed E-state index contributed by atoms with van der Waals surface area (Å²) in [5.41, 5.74) is 2.45. The number of benzene rings is 2. The standard InChI is InChI=1S/C23H31N3O2S.C2H2O4/c1-20-7-9-23(10-8-20)29(27,28)26-17-15-25(16-18-26)22-11-13-24(14-12-22)19-21-5-3-2-4-6-21;3-1(4)2(5)6/h2-10,22H,11-19H2,1H3;(H,3,4)(H,5,6). The average Bonchev–Trinajstić information content (AvgIpc) is 2.86. The summed E-state index contributed by atoms with van der Waals surface area (Å²) in [4.78, 5) is 23.6. The molecule has 0 spiro atoms. The van der Waals surface area contributed by atoms with E-state index in [-0.39, 0.29) is 0 Å². The molecule has 2 N–H and O–H groups in total. The van der Waals surface area contributed by atoms with Gasteiger partial charge in [0.05, 0.1) is 4.90 Å². The smallest absolute Gasteiger partial charge is 0.414 e. The molecule has 2 aromatic rings. The summed E-state index contributed by atoms with van der Waals surface area (Å²) in [6.45, 7) is 8.04. The van der Waals surface area contributed by atoms with Crippen molar-refractivity contribution < 1.29 is 28.2 Å². The fourth-order valence-corrected chi connectivity index (χ4v) is 5.87. The summed E-state index contributed by atoms with van der Waals surface area (Å²) in [6, 6.07) is 18.4. The zero-order chi connectivity index (χ0) is 25.4. The zero-order valence-corrected chi connectivity index (χ0v) is 20.7. The van der Waals surface area contributed by atoms with Gasteiger partial charge < -0.3 is 10.2 Å². The third-order valence-electron chi connectivity index (χ3n) is 6.44. The first kappa shape index (κ1) is 26.8. The van der Waals surface area contributed by atoms with Crippen LogP contribution in [0.3, 0.4) is 0 Å². The highest BCUT2D eigenvalue weighted by Crippen LogP contribution is 2.23. The van der Waals surface area contributed by atoms with Crippen LogP contribution in [0.5, 0.6) is 0 Å². The molecule has 2 aliphatic rings. The summed E-state index contributed by atoms with van der Waals surface area (Å²) in [6.07, 6.45) is 2.33. The Bertz CT molecular complexity index is 1060. The molecular weight excluding hydrogens is 470 g/mol. The second kappa shape index (κ2) is 12.3. The summed E-state index contributed by atoms with van der Waals surface area (Å²) < 4.78 is 27.4. The summed E-state index contributed by atoms with van der Waals surface area (Å²) >= 11 is 0. The van der Waals surface area contributed by atoms with Gasteiger partial charge in [0.2, 0.25) is 10.0 Å². The lowest BCUT2D eigenvalue weighted by Crippen LogP contribution is -2.54. The van der Waals surface area contributed by atoms with E-state index in [1.165, 1.54) is 5.56 Å². The van der Waals surface area contributed by atoms with Gasteiger partial charge in [0.1, 0.15) is 0 Å². The van der Waals surface area contributed by atoms with Crippen molar-refractivity contribution in [3.05, 3.63) is 65.7 Å². The molecule has 0 bridgehead atoms. The highest BCUT2D eigenvalue weighted by Gasteiger charge is 2.32. The van der Waals surface area contributed by atoms with Crippen LogP contribution in [-0.2, 0) is 26.2 Å². The Morgan fingerprint density at radius 1 is 0.829 bits per heavy atom. The molecule has 0 amide bonds. The number of piperazine rings is 1. The molecule has 2 saturated heterocycles. The van der Waals surface area contributed by atoms with E-state index >= 15 is 0 Å². The maximum atomic E-state index is 12.9. The number of hydrogen-bond acceptors (Lipinski definition) is 6. The average molecular weight is 504 g/mol. The van der Waals surface area contributed by atoms with Crippen LogP contribution in [0.25, 0.3) is 0 Å². The molecule has 10 heteroatoms. The van der Waals surface area contributed by atoms with E-state index in [0.29, 0.717) is 24.0 Å². The monoisotopic (exact) mass is 503 g/mol. The second-order valence-corrected chi connectivity index (χ2v) is 10.8. The van der Waals surface area contributed by atoms with Crippen molar-refractivity contribution in [2.45, 2.75) is 37.2 Å². The van der Waals surface area contributed by atoms with Crippen LogP contribution in [0.1, 0.15) is 24.0 Å². The van der Waals surface area contributed by atoms with Gasteiger partial charge in [-0.3, -0.25) is 9.80 Å². The van der Waals surface area contributed by atoms with Crippen LogP contribution in [0.4, 0.5) is 0 Å². The Morgan fingerprint density at radius 3 is 1.89 bits per heavy atom. The number of nitrogens with zero attached hydrogens (tertiary/aromatic N) is 3. The van der Waals surface area contributed by atoms with Crippen LogP contribution < -0.4 is 0 Å². The molecule has 0 radical (unpaired) electrons. The predicted octanol–water partition coefficient (Wildman–Crippen LogP) is 2.12. The van der Waals surface area contributed by atoms with Crippen LogP contribution in [0.2, 0.25) is 0 Å². The lowest BCUT2D eigenvalue weighted by molar-refractivity contribution is -0.159. The minimum atomic E-state index is -3.38. The molecule has 0 saturated carbocycles. The fraction of sp³-hybridized carbons (Fsp3) is 0.440. The van der Waals surface area contributed by atoms with Gasteiger partial charge in [0, 0.05) is 38.8 Å². The van der Waals surface area contributed by atoms with E-state index in [9.17, 15) is 8.42 Å². The van der Waals surface area contributed by atoms with Crippen molar-refractivity contribution in [3.8, 4) is 0 Å². The van der Waals surface area contributed by atoms with Crippen LogP contribution in [-0.4, -0.2) is 90.0 Å². The quantitative estimate of drug-likeness (QED) is 0.596. The number of aliphatic carboxylic acids is 2. The van der Waals surface area contributed by atoms with Crippen molar-refractivity contribution in [1.29, 1.82) is 0 Å². The second-order valence-electron chi connectivity index (χ2n) is 8.86. The van der Waals surface area contributed by atoms with Crippen molar-refractivity contribution in [3.63, 3.8) is 0 Å². The van der Waals surface area contributed by atoms with Crippen LogP contribution >= 0.6 is 0 Å². The summed E-state index contributed by atoms with van der Waals surface area (Å²) in [5.74, 6) is -3.65. The largest absolute Gasteiger partial charge is 0.473 e. The number of carboxylic acid groups (broad SMARTS) is 2. The molecule has 0 aromatic heterocycles. The first-order valence-electron chi connectivity index (χ1n) is 11.7. The third kappa shape index (κ3) is 7.60. The number of sulfonamides is 1. The number of hydrogen-bond donors (Lipinski definition) is 2. The summed E-state index contributed by atoms with van der Waals surface area (Å²) in [7, 11) is -3.38. The van der Waals surface area contributed by atoms with Gasteiger partial charge in [-0.15, -0.1) is 0 Å². The van der Waals surface area contributed by atoms with Gasteiger partial charge in [0.15, 0.2) is 0 Å². The summed E-state index contributed by atoms with van der Waals surface area (Å²) in [5, 5.41) is 14.8. The van der Waals surface area contributed by atoms with E-state index in [1.54, 1.807) is 16.4 Å². The first-order valence-corrected chi connectivity index (χ1v) is 13.1. The Hall–Kier alpha value is -2.79. The number of carboxylic acids is 2. The highest BCUT2D eigenvalue weighted by molar-refractivity contribution is 7.89. The number of carbonyl (C=O) groups is 2. The van der Waals surface area contributed by atoms with Gasteiger partial charge in [-0.05, 0) is 50.6 Å². The Kier molecular flexibility index (Phi) is 9.39. The first-order chi connectivity index (χ1) is 16.7. The molecule has 0 unspecified atom stereocenters. The van der Waals surface area contributed by atoms with Crippen molar-refractivity contribution in [2.75, 3.05) is 39.3 Å². The van der Waals surface area contributed by atoms with Crippen LogP contribution in [0.15, 0.2) is 59.5 Å². The molecule has 2 fully saturated rings. The number of likely N-dealkylation sites (tertiary alicyclic amines) is 1. The number of piperidine rings is 1. The van der Waals surface area contributed by atoms with E-state index in [2.05, 4.69) is 40.1 Å². The molecule has 0 aliphatic carbocycles. The molecule has 190 valence electrons. The lowest BCUT2D eigenvalue weighted by Gasteiger charge is -2.42. The fourth-order valence-electron chi connectivity index (χ4n) is 4.45. The number of rotatable bonds is 5. The normalized spacial score (nSPS) is 18.4. The van der Waals surface area contributed by atoms with Gasteiger partial charge in [-0.2, -0.15) is 4.31 Å². The molecule has 35 heavy (non-hydrogen) atoms. The van der Waals surface area contributed by atoms with Gasteiger partial charge >= 0.3 is 11.9 Å². The SMILES string of the molecule is Cc1ccc(S(=O)(=O)N2CCN(C3CCN(Cc4ccccc4)CC3)CC2)cc1.O=C(O)C(=O)O. The molecular formula is C25H33N3O6S.